The minimum Gasteiger partial charge on any atom is -0.351 e. The Balaban J connectivity index is 2.18. The van der Waals surface area contributed by atoms with Crippen LogP contribution < -0.4 is 5.32 Å². The number of anilines is 1. The number of rotatable bonds is 2. The highest BCUT2D eigenvalue weighted by molar-refractivity contribution is 9.11. The van der Waals surface area contributed by atoms with Crippen molar-refractivity contribution in [1.82, 2.24) is 5.16 Å². The zero-order valence-electron chi connectivity index (χ0n) is 8.83. The molecule has 0 aliphatic carbocycles. The van der Waals surface area contributed by atoms with Crippen LogP contribution in [0, 0.1) is 6.92 Å². The smallest absolute Gasteiger partial charge is 0.294 e. The second-order valence-corrected chi connectivity index (χ2v) is 5.18. The van der Waals surface area contributed by atoms with Gasteiger partial charge in [-0.1, -0.05) is 21.1 Å². The predicted molar refractivity (Wildman–Crippen MR) is 71.0 cm³/mol. The first-order valence-electron chi connectivity index (χ1n) is 4.76. The molecule has 0 fully saturated rings. The summed E-state index contributed by atoms with van der Waals surface area (Å²) in [6, 6.07) is 7.06. The SMILES string of the molecule is Cc1cc(C(=O)Nc2ccc(Br)cc2Br)on1. The Morgan fingerprint density at radius 2 is 2.12 bits per heavy atom. The topological polar surface area (TPSA) is 55.1 Å². The lowest BCUT2D eigenvalue weighted by Gasteiger charge is -2.05. The van der Waals surface area contributed by atoms with E-state index < -0.39 is 0 Å². The van der Waals surface area contributed by atoms with Crippen LogP contribution in [0.25, 0.3) is 0 Å². The quantitative estimate of drug-likeness (QED) is 0.888. The second kappa shape index (κ2) is 5.01. The van der Waals surface area contributed by atoms with Crippen molar-refractivity contribution in [2.45, 2.75) is 6.92 Å². The number of aromatic nitrogens is 1. The lowest BCUT2D eigenvalue weighted by atomic mass is 10.3. The third-order valence-electron chi connectivity index (χ3n) is 2.03. The van der Waals surface area contributed by atoms with Crippen molar-refractivity contribution in [2.24, 2.45) is 0 Å². The number of hydrogen-bond acceptors (Lipinski definition) is 3. The van der Waals surface area contributed by atoms with Gasteiger partial charge in [0.2, 0.25) is 5.76 Å². The molecular weight excluding hydrogens is 352 g/mol. The van der Waals surface area contributed by atoms with Gasteiger partial charge in [-0.25, -0.2) is 0 Å². The molecule has 1 heterocycles. The van der Waals surface area contributed by atoms with E-state index in [-0.39, 0.29) is 11.7 Å². The van der Waals surface area contributed by atoms with Crippen LogP contribution in [0.4, 0.5) is 5.69 Å². The number of benzene rings is 1. The number of nitrogens with one attached hydrogen (secondary N) is 1. The Bertz CT molecular complexity index is 566. The number of amides is 1. The summed E-state index contributed by atoms with van der Waals surface area (Å²) in [5.74, 6) is -0.133. The molecule has 0 radical (unpaired) electrons. The van der Waals surface area contributed by atoms with Gasteiger partial charge in [0, 0.05) is 15.0 Å². The third kappa shape index (κ3) is 2.95. The molecule has 2 aromatic rings. The van der Waals surface area contributed by atoms with E-state index in [4.69, 9.17) is 4.52 Å². The molecule has 0 saturated heterocycles. The molecule has 2 rings (SSSR count). The highest BCUT2D eigenvalue weighted by Crippen LogP contribution is 2.26. The van der Waals surface area contributed by atoms with Gasteiger partial charge in [0.25, 0.3) is 5.91 Å². The summed E-state index contributed by atoms with van der Waals surface area (Å²) in [5.41, 5.74) is 1.34. The molecule has 17 heavy (non-hydrogen) atoms. The number of carbonyl (C=O) groups excluding carboxylic acids is 1. The minimum absolute atomic E-state index is 0.192. The van der Waals surface area contributed by atoms with Gasteiger partial charge in [-0.3, -0.25) is 4.79 Å². The number of halogens is 2. The number of aryl methyl sites for hydroxylation is 1. The van der Waals surface area contributed by atoms with E-state index in [0.717, 1.165) is 8.95 Å². The Morgan fingerprint density at radius 3 is 2.71 bits per heavy atom. The fourth-order valence-electron chi connectivity index (χ4n) is 1.25. The average molecular weight is 360 g/mol. The Hall–Kier alpha value is -1.14. The van der Waals surface area contributed by atoms with E-state index in [1.807, 2.05) is 12.1 Å². The lowest BCUT2D eigenvalue weighted by molar-refractivity contribution is 0.0988. The van der Waals surface area contributed by atoms with E-state index in [2.05, 4.69) is 42.3 Å². The van der Waals surface area contributed by atoms with Crippen LogP contribution in [0.3, 0.4) is 0 Å². The maximum atomic E-state index is 11.8. The van der Waals surface area contributed by atoms with Crippen LogP contribution in [0.15, 0.2) is 37.7 Å². The number of carbonyl (C=O) groups is 1. The molecule has 0 atom stereocenters. The van der Waals surface area contributed by atoms with Gasteiger partial charge in [-0.15, -0.1) is 0 Å². The van der Waals surface area contributed by atoms with Crippen molar-refractivity contribution in [3.8, 4) is 0 Å². The maximum Gasteiger partial charge on any atom is 0.294 e. The van der Waals surface area contributed by atoms with Crippen molar-refractivity contribution in [3.63, 3.8) is 0 Å². The van der Waals surface area contributed by atoms with E-state index in [1.165, 1.54) is 0 Å². The van der Waals surface area contributed by atoms with E-state index in [1.54, 1.807) is 19.1 Å². The lowest BCUT2D eigenvalue weighted by Crippen LogP contribution is -2.11. The van der Waals surface area contributed by atoms with Crippen LogP contribution in [-0.4, -0.2) is 11.1 Å². The fraction of sp³-hybridized carbons (Fsp3) is 0.0909. The molecule has 0 unspecified atom stereocenters. The van der Waals surface area contributed by atoms with Crippen molar-refractivity contribution < 1.29 is 9.32 Å². The fourth-order valence-corrected chi connectivity index (χ4v) is 2.39. The molecule has 1 aromatic heterocycles. The molecule has 0 aliphatic heterocycles. The molecule has 88 valence electrons. The van der Waals surface area contributed by atoms with Crippen molar-refractivity contribution in [3.05, 3.63) is 44.7 Å². The summed E-state index contributed by atoms with van der Waals surface area (Å²) in [4.78, 5) is 11.8. The molecule has 1 aromatic carbocycles. The summed E-state index contributed by atoms with van der Waals surface area (Å²) in [7, 11) is 0. The van der Waals surface area contributed by atoms with Crippen molar-refractivity contribution in [2.75, 3.05) is 5.32 Å². The molecule has 6 heteroatoms. The minimum atomic E-state index is -0.325. The van der Waals surface area contributed by atoms with Crippen LogP contribution in [0.2, 0.25) is 0 Å². The molecular formula is C11H8Br2N2O2. The highest BCUT2D eigenvalue weighted by Gasteiger charge is 2.13. The Morgan fingerprint density at radius 1 is 1.35 bits per heavy atom. The van der Waals surface area contributed by atoms with Crippen molar-refractivity contribution in [1.29, 1.82) is 0 Å². The highest BCUT2D eigenvalue weighted by atomic mass is 79.9. The first-order valence-corrected chi connectivity index (χ1v) is 6.34. The van der Waals surface area contributed by atoms with E-state index in [9.17, 15) is 4.79 Å². The largest absolute Gasteiger partial charge is 0.351 e. The summed E-state index contributed by atoms with van der Waals surface area (Å²) < 4.78 is 6.59. The number of nitrogens with zero attached hydrogens (tertiary/aromatic N) is 1. The van der Waals surface area contributed by atoms with Crippen LogP contribution >= 0.6 is 31.9 Å². The molecule has 1 N–H and O–H groups in total. The standard InChI is InChI=1S/C11H8Br2N2O2/c1-6-4-10(17-15-6)11(16)14-9-3-2-7(12)5-8(9)13/h2-5H,1H3,(H,14,16). The second-order valence-electron chi connectivity index (χ2n) is 3.41. The van der Waals surface area contributed by atoms with Crippen LogP contribution in [0.1, 0.15) is 16.2 Å². The molecule has 0 saturated carbocycles. The Kier molecular flexibility index (Phi) is 3.63. The van der Waals surface area contributed by atoms with E-state index >= 15 is 0 Å². The zero-order chi connectivity index (χ0) is 12.4. The first-order chi connectivity index (χ1) is 8.06. The molecule has 0 bridgehead atoms. The van der Waals surface area contributed by atoms with Gasteiger partial charge < -0.3 is 9.84 Å². The summed E-state index contributed by atoms with van der Waals surface area (Å²) in [6.07, 6.45) is 0. The van der Waals surface area contributed by atoms with Gasteiger partial charge in [0.05, 0.1) is 11.4 Å². The van der Waals surface area contributed by atoms with Gasteiger partial charge in [-0.2, -0.15) is 0 Å². The molecule has 0 spiro atoms. The molecule has 1 amide bonds. The zero-order valence-corrected chi connectivity index (χ0v) is 12.0. The van der Waals surface area contributed by atoms with Gasteiger partial charge in [-0.05, 0) is 41.1 Å². The normalized spacial score (nSPS) is 10.3. The number of hydrogen-bond donors (Lipinski definition) is 1. The van der Waals surface area contributed by atoms with Gasteiger partial charge >= 0.3 is 0 Å². The third-order valence-corrected chi connectivity index (χ3v) is 3.18. The van der Waals surface area contributed by atoms with Gasteiger partial charge in [0.15, 0.2) is 0 Å². The summed E-state index contributed by atoms with van der Waals surface area (Å²) in [6.45, 7) is 1.76. The summed E-state index contributed by atoms with van der Waals surface area (Å²) in [5, 5.41) is 6.39. The van der Waals surface area contributed by atoms with Gasteiger partial charge in [0.1, 0.15) is 0 Å². The summed E-state index contributed by atoms with van der Waals surface area (Å²) >= 11 is 6.70. The van der Waals surface area contributed by atoms with E-state index in [0.29, 0.717) is 11.4 Å². The predicted octanol–water partition coefficient (Wildman–Crippen LogP) is 3.76. The van der Waals surface area contributed by atoms with Crippen LogP contribution in [0.5, 0.6) is 0 Å². The average Bonchev–Trinajstić information content (AvgIpc) is 2.69. The Labute approximate surface area is 115 Å². The van der Waals surface area contributed by atoms with Crippen molar-refractivity contribution >= 4 is 43.5 Å². The molecule has 4 nitrogen and oxygen atoms in total. The van der Waals surface area contributed by atoms with Crippen LogP contribution in [-0.2, 0) is 0 Å². The maximum absolute atomic E-state index is 11.8. The monoisotopic (exact) mass is 358 g/mol. The first kappa shape index (κ1) is 12.3. The molecule has 0 aliphatic rings.